The van der Waals surface area contributed by atoms with Crippen molar-refractivity contribution in [3.05, 3.63) is 0 Å². The molecule has 11 heavy (non-hydrogen) atoms. The van der Waals surface area contributed by atoms with Crippen LogP contribution in [0.3, 0.4) is 0 Å². The molecule has 3 nitrogen and oxygen atoms in total. The van der Waals surface area contributed by atoms with E-state index in [1.165, 1.54) is 6.66 Å². The van der Waals surface area contributed by atoms with Gasteiger partial charge in [-0.15, -0.1) is 6.42 Å². The molecular formula is C7H11O3P. The van der Waals surface area contributed by atoms with Crippen LogP contribution >= 0.6 is 7.60 Å². The fourth-order valence-electron chi connectivity index (χ4n) is 0.943. The van der Waals surface area contributed by atoms with Crippen LogP contribution in [0.25, 0.3) is 0 Å². The van der Waals surface area contributed by atoms with Crippen LogP contribution in [0, 0.1) is 12.3 Å². The average Bonchev–Trinajstić information content (AvgIpc) is 1.85. The predicted molar refractivity (Wildman–Crippen MR) is 42.4 cm³/mol. The Kier molecular flexibility index (Phi) is 2.11. The van der Waals surface area contributed by atoms with Crippen LogP contribution in [0.15, 0.2) is 0 Å². The molecule has 2 atom stereocenters. The maximum absolute atomic E-state index is 11.3. The van der Waals surface area contributed by atoms with Gasteiger partial charge in [0.15, 0.2) is 0 Å². The molecule has 1 aliphatic rings. The van der Waals surface area contributed by atoms with Gasteiger partial charge >= 0.3 is 7.60 Å². The number of hydrogen-bond donors (Lipinski definition) is 0. The number of hydrogen-bond acceptors (Lipinski definition) is 3. The first kappa shape index (κ1) is 8.80. The molecule has 0 radical (unpaired) electrons. The summed E-state index contributed by atoms with van der Waals surface area (Å²) in [5.74, 6) is 2.46. The molecule has 1 saturated heterocycles. The molecule has 0 aromatic rings. The van der Waals surface area contributed by atoms with Crippen LogP contribution in [-0.2, 0) is 13.6 Å². The van der Waals surface area contributed by atoms with Gasteiger partial charge < -0.3 is 4.52 Å². The lowest BCUT2D eigenvalue weighted by atomic mass is 10.1. The quantitative estimate of drug-likeness (QED) is 0.413. The second kappa shape index (κ2) is 2.64. The molecule has 1 heterocycles. The predicted octanol–water partition coefficient (Wildman–Crippen LogP) is 1.64. The summed E-state index contributed by atoms with van der Waals surface area (Å²) in [5, 5.41) is 0. The van der Waals surface area contributed by atoms with Crippen LogP contribution in [0.5, 0.6) is 0 Å². The highest BCUT2D eigenvalue weighted by atomic mass is 31.2. The van der Waals surface area contributed by atoms with Crippen molar-refractivity contribution in [2.45, 2.75) is 18.9 Å². The molecule has 0 aliphatic carbocycles. The second-order valence-corrected chi connectivity index (χ2v) is 4.80. The van der Waals surface area contributed by atoms with E-state index in [-0.39, 0.29) is 0 Å². The van der Waals surface area contributed by atoms with Gasteiger partial charge in [0.05, 0.1) is 6.61 Å². The Morgan fingerprint density at radius 2 is 2.36 bits per heavy atom. The largest absolute Gasteiger partial charge is 0.329 e. The molecule has 1 fully saturated rings. The zero-order valence-corrected chi connectivity index (χ0v) is 7.56. The fourth-order valence-corrected chi connectivity index (χ4v) is 2.29. The van der Waals surface area contributed by atoms with Crippen LogP contribution in [0.2, 0.25) is 0 Å². The minimum atomic E-state index is -2.87. The Labute approximate surface area is 66.6 Å². The smallest absolute Gasteiger partial charge is 0.309 e. The summed E-state index contributed by atoms with van der Waals surface area (Å²) < 4.78 is 21.3. The monoisotopic (exact) mass is 174 g/mol. The third-order valence-electron chi connectivity index (χ3n) is 1.58. The Hall–Kier alpha value is -0.290. The molecular weight excluding hydrogens is 163 g/mol. The summed E-state index contributed by atoms with van der Waals surface area (Å²) in [6, 6.07) is 0. The maximum Gasteiger partial charge on any atom is 0.329 e. The standard InChI is InChI=1S/C7H11O3P/c1-4-7(2)5-6-9-11(3,8)10-7/h1H,5-6H2,2-3H3. The van der Waals surface area contributed by atoms with E-state index in [1.807, 2.05) is 0 Å². The Bertz CT molecular complexity index is 243. The highest BCUT2D eigenvalue weighted by Gasteiger charge is 2.36. The van der Waals surface area contributed by atoms with E-state index in [4.69, 9.17) is 15.5 Å². The molecule has 1 rings (SSSR count). The summed E-state index contributed by atoms with van der Waals surface area (Å²) in [4.78, 5) is 0. The molecule has 0 N–H and O–H groups in total. The third-order valence-corrected chi connectivity index (χ3v) is 2.96. The molecule has 0 bridgehead atoms. The molecule has 1 aliphatic heterocycles. The van der Waals surface area contributed by atoms with Crippen molar-refractivity contribution in [3.63, 3.8) is 0 Å². The van der Waals surface area contributed by atoms with Gasteiger partial charge in [0.1, 0.15) is 5.60 Å². The molecule has 0 aromatic carbocycles. The highest BCUT2D eigenvalue weighted by molar-refractivity contribution is 7.53. The molecule has 0 amide bonds. The van der Waals surface area contributed by atoms with E-state index in [9.17, 15) is 4.57 Å². The van der Waals surface area contributed by atoms with Gasteiger partial charge in [-0.25, -0.2) is 0 Å². The van der Waals surface area contributed by atoms with Crippen molar-refractivity contribution in [3.8, 4) is 12.3 Å². The van der Waals surface area contributed by atoms with Crippen LogP contribution < -0.4 is 0 Å². The summed E-state index contributed by atoms with van der Waals surface area (Å²) >= 11 is 0. The van der Waals surface area contributed by atoms with Crippen LogP contribution in [0.1, 0.15) is 13.3 Å². The van der Waals surface area contributed by atoms with Gasteiger partial charge in [-0.1, -0.05) is 5.92 Å². The van der Waals surface area contributed by atoms with Crippen molar-refractivity contribution >= 4 is 7.60 Å². The SMILES string of the molecule is C#CC1(C)CCOP(C)(=O)O1. The lowest BCUT2D eigenvalue weighted by molar-refractivity contribution is 0.0500. The first-order chi connectivity index (χ1) is 4.97. The van der Waals surface area contributed by atoms with E-state index in [2.05, 4.69) is 5.92 Å². The second-order valence-electron chi connectivity index (χ2n) is 2.82. The van der Waals surface area contributed by atoms with E-state index in [0.717, 1.165) is 0 Å². The molecule has 4 heteroatoms. The Morgan fingerprint density at radius 3 is 2.73 bits per heavy atom. The highest BCUT2D eigenvalue weighted by Crippen LogP contribution is 2.51. The molecule has 2 unspecified atom stereocenters. The van der Waals surface area contributed by atoms with Crippen molar-refractivity contribution in [2.24, 2.45) is 0 Å². The molecule has 0 saturated carbocycles. The molecule has 62 valence electrons. The summed E-state index contributed by atoms with van der Waals surface area (Å²) in [5.41, 5.74) is -0.706. The lowest BCUT2D eigenvalue weighted by Crippen LogP contribution is -2.31. The van der Waals surface area contributed by atoms with Crippen molar-refractivity contribution < 1.29 is 13.6 Å². The van der Waals surface area contributed by atoms with Gasteiger partial charge in [0.25, 0.3) is 0 Å². The van der Waals surface area contributed by atoms with Gasteiger partial charge in [-0.2, -0.15) is 0 Å². The van der Waals surface area contributed by atoms with Gasteiger partial charge in [0, 0.05) is 13.1 Å². The summed E-state index contributed by atoms with van der Waals surface area (Å²) in [7, 11) is -2.87. The number of rotatable bonds is 0. The van der Waals surface area contributed by atoms with Crippen molar-refractivity contribution in [1.29, 1.82) is 0 Å². The zero-order chi connectivity index (χ0) is 8.54. The summed E-state index contributed by atoms with van der Waals surface area (Å²) in [6.45, 7) is 3.59. The third kappa shape index (κ3) is 2.07. The molecule has 0 spiro atoms. The van der Waals surface area contributed by atoms with Gasteiger partial charge in [0.2, 0.25) is 0 Å². The van der Waals surface area contributed by atoms with Gasteiger partial charge in [-0.05, 0) is 6.92 Å². The zero-order valence-electron chi connectivity index (χ0n) is 6.66. The minimum Gasteiger partial charge on any atom is -0.309 e. The normalized spacial score (nSPS) is 44.8. The van der Waals surface area contributed by atoms with Crippen molar-refractivity contribution in [2.75, 3.05) is 13.3 Å². The van der Waals surface area contributed by atoms with Crippen LogP contribution in [0.4, 0.5) is 0 Å². The maximum atomic E-state index is 11.3. The van der Waals surface area contributed by atoms with E-state index in [0.29, 0.717) is 13.0 Å². The number of terminal acetylenes is 1. The first-order valence-electron chi connectivity index (χ1n) is 3.38. The summed E-state index contributed by atoms with van der Waals surface area (Å²) in [6.07, 6.45) is 5.81. The van der Waals surface area contributed by atoms with Crippen molar-refractivity contribution in [1.82, 2.24) is 0 Å². The first-order valence-corrected chi connectivity index (χ1v) is 5.37. The Balaban J connectivity index is 2.77. The Morgan fingerprint density at radius 1 is 1.73 bits per heavy atom. The van der Waals surface area contributed by atoms with E-state index >= 15 is 0 Å². The van der Waals surface area contributed by atoms with Gasteiger partial charge in [-0.3, -0.25) is 9.09 Å². The topological polar surface area (TPSA) is 35.5 Å². The lowest BCUT2D eigenvalue weighted by Gasteiger charge is -2.32. The van der Waals surface area contributed by atoms with E-state index < -0.39 is 13.2 Å². The minimum absolute atomic E-state index is 0.411. The van der Waals surface area contributed by atoms with E-state index in [1.54, 1.807) is 6.92 Å². The molecule has 0 aromatic heterocycles. The van der Waals surface area contributed by atoms with Crippen LogP contribution in [-0.4, -0.2) is 18.9 Å². The fraction of sp³-hybridized carbons (Fsp3) is 0.714. The average molecular weight is 174 g/mol.